The van der Waals surface area contributed by atoms with E-state index in [-0.39, 0.29) is 36.2 Å². The molecule has 0 spiro atoms. The van der Waals surface area contributed by atoms with E-state index >= 15 is 0 Å². The summed E-state index contributed by atoms with van der Waals surface area (Å²) in [6.45, 7) is 5.86. The van der Waals surface area contributed by atoms with Gasteiger partial charge in [0.15, 0.2) is 0 Å². The maximum absolute atomic E-state index is 12.8. The van der Waals surface area contributed by atoms with Gasteiger partial charge in [-0.1, -0.05) is 31.2 Å². The van der Waals surface area contributed by atoms with E-state index in [0.717, 1.165) is 0 Å². The van der Waals surface area contributed by atoms with Crippen LogP contribution in [-0.4, -0.2) is 50.8 Å². The lowest BCUT2D eigenvalue weighted by Crippen LogP contribution is -2.39. The molecule has 2 fully saturated rings. The Morgan fingerprint density at radius 3 is 2.62 bits per heavy atom. The third-order valence-corrected chi connectivity index (χ3v) is 6.24. The molecule has 0 bridgehead atoms. The average Bonchev–Trinajstić information content (AvgIpc) is 3.28. The van der Waals surface area contributed by atoms with Crippen molar-refractivity contribution in [3.8, 4) is 0 Å². The number of aryl methyl sites for hydroxylation is 1. The molecule has 2 amide bonds. The fraction of sp³-hybridized carbons (Fsp3) is 0.455. The van der Waals surface area contributed by atoms with Crippen LogP contribution in [0.25, 0.3) is 0 Å². The molecule has 0 unspecified atom stereocenters. The number of rotatable bonds is 4. The number of benzene rings is 1. The van der Waals surface area contributed by atoms with Gasteiger partial charge in [-0.05, 0) is 24.1 Å². The Hall–Kier alpha value is -2.96. The topological polar surface area (TPSA) is 75.5 Å². The van der Waals surface area contributed by atoms with Gasteiger partial charge in [-0.25, -0.2) is 9.78 Å². The second-order valence-corrected chi connectivity index (χ2v) is 7.95. The minimum absolute atomic E-state index is 0.00124. The Bertz CT molecular complexity index is 986. The highest BCUT2D eigenvalue weighted by atomic mass is 16.2. The molecule has 29 heavy (non-hydrogen) atoms. The Morgan fingerprint density at radius 1 is 1.10 bits per heavy atom. The molecule has 2 aliphatic rings. The molecule has 3 heterocycles. The van der Waals surface area contributed by atoms with Gasteiger partial charge in [0.1, 0.15) is 6.54 Å². The van der Waals surface area contributed by atoms with E-state index in [2.05, 4.69) is 24.0 Å². The molecular weight excluding hydrogens is 368 g/mol. The number of amides is 2. The van der Waals surface area contributed by atoms with Crippen LogP contribution in [0.5, 0.6) is 0 Å². The highest BCUT2D eigenvalue weighted by molar-refractivity contribution is 5.78. The summed E-state index contributed by atoms with van der Waals surface area (Å²) in [6.07, 6.45) is 3.49. The van der Waals surface area contributed by atoms with Crippen molar-refractivity contribution in [2.75, 3.05) is 19.6 Å². The molecule has 1 aromatic heterocycles. The first-order valence-corrected chi connectivity index (χ1v) is 10.1. The summed E-state index contributed by atoms with van der Waals surface area (Å²) in [7, 11) is 0. The van der Waals surface area contributed by atoms with Gasteiger partial charge < -0.3 is 9.80 Å². The van der Waals surface area contributed by atoms with Crippen LogP contribution in [0.15, 0.2) is 47.5 Å². The quantitative estimate of drug-likeness (QED) is 0.790. The maximum Gasteiger partial charge on any atom is 0.347 e. The van der Waals surface area contributed by atoms with Gasteiger partial charge in [0.05, 0.1) is 6.04 Å². The van der Waals surface area contributed by atoms with Crippen molar-refractivity contribution in [2.45, 2.75) is 32.9 Å². The van der Waals surface area contributed by atoms with Gasteiger partial charge in [0, 0.05) is 50.3 Å². The Morgan fingerprint density at radius 2 is 1.90 bits per heavy atom. The summed E-state index contributed by atoms with van der Waals surface area (Å²) in [4.78, 5) is 44.9. The van der Waals surface area contributed by atoms with E-state index in [1.54, 1.807) is 12.3 Å². The smallest absolute Gasteiger partial charge is 0.340 e. The standard InChI is InChI=1S/C22H26N4O3/c1-3-19(27)26-12-16-11-25(20(28)14-24-10-6-9-23-22(24)29)13-18(16)21(26)17-8-5-4-7-15(17)2/h4-10,16,18,21H,3,11-14H2,1-2H3/t16-,18-,21+/m0/s1. The molecule has 2 saturated heterocycles. The van der Waals surface area contributed by atoms with Crippen molar-refractivity contribution < 1.29 is 9.59 Å². The molecular formula is C22H26N4O3. The highest BCUT2D eigenvalue weighted by Crippen LogP contribution is 2.46. The number of hydrogen-bond acceptors (Lipinski definition) is 4. The van der Waals surface area contributed by atoms with Crippen LogP contribution in [0, 0.1) is 18.8 Å². The predicted octanol–water partition coefficient (Wildman–Crippen LogP) is 1.62. The molecule has 152 valence electrons. The Balaban J connectivity index is 1.56. The molecule has 0 saturated carbocycles. The number of fused-ring (bicyclic) bond motifs is 1. The van der Waals surface area contributed by atoms with E-state index in [9.17, 15) is 14.4 Å². The third-order valence-electron chi connectivity index (χ3n) is 6.24. The number of aromatic nitrogens is 2. The van der Waals surface area contributed by atoms with E-state index in [4.69, 9.17) is 0 Å². The largest absolute Gasteiger partial charge is 0.347 e. The van der Waals surface area contributed by atoms with E-state index in [1.807, 2.05) is 28.9 Å². The molecule has 1 aromatic carbocycles. The normalized spacial score (nSPS) is 23.3. The average molecular weight is 394 g/mol. The minimum Gasteiger partial charge on any atom is -0.340 e. The lowest BCUT2D eigenvalue weighted by molar-refractivity contribution is -0.133. The molecule has 2 aliphatic heterocycles. The van der Waals surface area contributed by atoms with Gasteiger partial charge in [0.25, 0.3) is 0 Å². The number of hydrogen-bond donors (Lipinski definition) is 0. The summed E-state index contributed by atoms with van der Waals surface area (Å²) >= 11 is 0. The predicted molar refractivity (Wildman–Crippen MR) is 108 cm³/mol. The second kappa shape index (κ2) is 7.81. The fourth-order valence-corrected chi connectivity index (χ4v) is 4.78. The summed E-state index contributed by atoms with van der Waals surface area (Å²) in [5.41, 5.74) is 1.91. The van der Waals surface area contributed by atoms with Crippen LogP contribution in [0.2, 0.25) is 0 Å². The van der Waals surface area contributed by atoms with Crippen molar-refractivity contribution in [1.29, 1.82) is 0 Å². The van der Waals surface area contributed by atoms with Crippen LogP contribution in [0.4, 0.5) is 0 Å². The van der Waals surface area contributed by atoms with Crippen molar-refractivity contribution >= 4 is 11.8 Å². The molecule has 0 aliphatic carbocycles. The van der Waals surface area contributed by atoms with Crippen LogP contribution in [-0.2, 0) is 16.1 Å². The van der Waals surface area contributed by atoms with Crippen molar-refractivity contribution in [3.63, 3.8) is 0 Å². The van der Waals surface area contributed by atoms with Gasteiger partial charge in [-0.3, -0.25) is 14.2 Å². The molecule has 4 rings (SSSR count). The maximum atomic E-state index is 12.8. The van der Waals surface area contributed by atoms with Crippen molar-refractivity contribution in [3.05, 3.63) is 64.3 Å². The molecule has 3 atom stereocenters. The van der Waals surface area contributed by atoms with Gasteiger partial charge in [0.2, 0.25) is 11.8 Å². The zero-order valence-corrected chi connectivity index (χ0v) is 16.8. The fourth-order valence-electron chi connectivity index (χ4n) is 4.78. The Kier molecular flexibility index (Phi) is 5.22. The molecule has 2 aromatic rings. The number of carbonyl (C=O) groups excluding carboxylic acids is 2. The number of nitrogens with zero attached hydrogens (tertiary/aromatic N) is 4. The zero-order valence-electron chi connectivity index (χ0n) is 16.8. The second-order valence-electron chi connectivity index (χ2n) is 7.95. The van der Waals surface area contributed by atoms with Gasteiger partial charge in [-0.15, -0.1) is 0 Å². The third kappa shape index (κ3) is 3.57. The zero-order chi connectivity index (χ0) is 20.5. The number of likely N-dealkylation sites (tertiary alicyclic amines) is 2. The summed E-state index contributed by atoms with van der Waals surface area (Å²) < 4.78 is 1.34. The summed E-state index contributed by atoms with van der Waals surface area (Å²) in [5.74, 6) is 0.546. The first-order valence-electron chi connectivity index (χ1n) is 10.1. The Labute approximate surface area is 170 Å². The van der Waals surface area contributed by atoms with Crippen LogP contribution in [0.1, 0.15) is 30.5 Å². The first-order chi connectivity index (χ1) is 14.0. The summed E-state index contributed by atoms with van der Waals surface area (Å²) in [5, 5.41) is 0. The van der Waals surface area contributed by atoms with Gasteiger partial charge in [-0.2, -0.15) is 0 Å². The molecule has 7 nitrogen and oxygen atoms in total. The molecule has 7 heteroatoms. The van der Waals surface area contributed by atoms with Crippen molar-refractivity contribution in [1.82, 2.24) is 19.4 Å². The minimum atomic E-state index is -0.419. The molecule has 0 radical (unpaired) electrons. The SMILES string of the molecule is CCC(=O)N1C[C@@H]2CN(C(=O)Cn3cccnc3=O)C[C@@H]2[C@H]1c1ccccc1C. The van der Waals surface area contributed by atoms with Crippen LogP contribution in [0.3, 0.4) is 0 Å². The van der Waals surface area contributed by atoms with E-state index < -0.39 is 5.69 Å². The van der Waals surface area contributed by atoms with E-state index in [0.29, 0.717) is 26.1 Å². The lowest BCUT2D eigenvalue weighted by atomic mass is 9.87. The van der Waals surface area contributed by atoms with E-state index in [1.165, 1.54) is 21.9 Å². The monoisotopic (exact) mass is 394 g/mol. The summed E-state index contributed by atoms with van der Waals surface area (Å²) in [6, 6.07) is 9.83. The van der Waals surface area contributed by atoms with Gasteiger partial charge >= 0.3 is 5.69 Å². The lowest BCUT2D eigenvalue weighted by Gasteiger charge is -2.31. The molecule has 0 N–H and O–H groups in total. The van der Waals surface area contributed by atoms with Crippen LogP contribution >= 0.6 is 0 Å². The number of carbonyl (C=O) groups is 2. The van der Waals surface area contributed by atoms with Crippen molar-refractivity contribution in [2.24, 2.45) is 11.8 Å². The highest BCUT2D eigenvalue weighted by Gasteiger charge is 2.49. The van der Waals surface area contributed by atoms with Crippen LogP contribution < -0.4 is 5.69 Å². The first kappa shape index (κ1) is 19.4.